The minimum atomic E-state index is -1.18. The van der Waals surface area contributed by atoms with Gasteiger partial charge in [0.2, 0.25) is 11.8 Å². The highest BCUT2D eigenvalue weighted by molar-refractivity contribution is 5.86. The first-order valence-electron chi connectivity index (χ1n) is 5.45. The Morgan fingerprint density at radius 3 is 2.11 bits per heavy atom. The third-order valence-electron chi connectivity index (χ3n) is 2.20. The van der Waals surface area contributed by atoms with Crippen molar-refractivity contribution in [2.24, 2.45) is 11.1 Å². The van der Waals surface area contributed by atoms with Crippen LogP contribution in [0.3, 0.4) is 0 Å². The first kappa shape index (κ1) is 16.7. The molecule has 6 N–H and O–H groups in total. The molecule has 9 heteroatoms. The molecule has 4 amide bonds. The number of hydrogen-bond acceptors (Lipinski definition) is 4. The Bertz CT molecular complexity index is 380. The van der Waals surface area contributed by atoms with Crippen LogP contribution >= 0.6 is 0 Å². The van der Waals surface area contributed by atoms with Crippen molar-refractivity contribution < 1.29 is 24.3 Å². The van der Waals surface area contributed by atoms with Crippen molar-refractivity contribution in [1.82, 2.24) is 16.0 Å². The van der Waals surface area contributed by atoms with Crippen molar-refractivity contribution in [3.63, 3.8) is 0 Å². The average Bonchev–Trinajstić information content (AvgIpc) is 2.31. The number of carboxylic acid groups (broad SMARTS) is 1. The molecule has 108 valence electrons. The van der Waals surface area contributed by atoms with Crippen LogP contribution in [0.4, 0.5) is 4.79 Å². The largest absolute Gasteiger partial charge is 0.480 e. The molecule has 19 heavy (non-hydrogen) atoms. The van der Waals surface area contributed by atoms with Gasteiger partial charge in [0, 0.05) is 6.54 Å². The fraction of sp³-hybridized carbons (Fsp3) is 0.600. The van der Waals surface area contributed by atoms with E-state index in [2.05, 4.69) is 16.0 Å². The summed E-state index contributed by atoms with van der Waals surface area (Å²) in [5.41, 5.74) is 4.22. The Hall–Kier alpha value is -2.32. The highest BCUT2D eigenvalue weighted by Crippen LogP contribution is 2.11. The fourth-order valence-electron chi connectivity index (χ4n) is 0.848. The van der Waals surface area contributed by atoms with Crippen molar-refractivity contribution >= 4 is 23.8 Å². The second kappa shape index (κ2) is 7.19. The monoisotopic (exact) mass is 274 g/mol. The lowest BCUT2D eigenvalue weighted by molar-refractivity contribution is -0.137. The summed E-state index contributed by atoms with van der Waals surface area (Å²) >= 11 is 0. The Kier molecular flexibility index (Phi) is 6.31. The summed E-state index contributed by atoms with van der Waals surface area (Å²) in [5.74, 6) is -2.38. The smallest absolute Gasteiger partial charge is 0.322 e. The normalized spacial score (nSPS) is 10.4. The zero-order valence-corrected chi connectivity index (χ0v) is 10.8. The highest BCUT2D eigenvalue weighted by Gasteiger charge is 2.25. The van der Waals surface area contributed by atoms with Gasteiger partial charge in [-0.15, -0.1) is 0 Å². The predicted octanol–water partition coefficient (Wildman–Crippen LogP) is -2.00. The topological polar surface area (TPSA) is 151 Å². The lowest BCUT2D eigenvalue weighted by atomic mass is 9.93. The molecule has 0 aromatic carbocycles. The van der Waals surface area contributed by atoms with E-state index < -0.39 is 35.8 Å². The number of nitrogens with one attached hydrogen (secondary N) is 3. The van der Waals surface area contributed by atoms with Gasteiger partial charge >= 0.3 is 12.0 Å². The quantitative estimate of drug-likeness (QED) is 0.363. The van der Waals surface area contributed by atoms with Crippen LogP contribution in [0.2, 0.25) is 0 Å². The van der Waals surface area contributed by atoms with Gasteiger partial charge < -0.3 is 26.8 Å². The summed E-state index contributed by atoms with van der Waals surface area (Å²) in [7, 11) is 0. The van der Waals surface area contributed by atoms with Gasteiger partial charge in [0.05, 0.1) is 12.0 Å². The fourth-order valence-corrected chi connectivity index (χ4v) is 0.848. The molecule has 0 aromatic heterocycles. The highest BCUT2D eigenvalue weighted by atomic mass is 16.4. The zero-order chi connectivity index (χ0) is 15.1. The number of amides is 4. The Morgan fingerprint density at radius 1 is 1.05 bits per heavy atom. The van der Waals surface area contributed by atoms with E-state index in [4.69, 9.17) is 10.8 Å². The first-order valence-corrected chi connectivity index (χ1v) is 5.45. The third-order valence-corrected chi connectivity index (χ3v) is 2.20. The predicted molar refractivity (Wildman–Crippen MR) is 65.0 cm³/mol. The zero-order valence-electron chi connectivity index (χ0n) is 10.8. The molecule has 0 aliphatic heterocycles. The number of rotatable bonds is 7. The average molecular weight is 274 g/mol. The van der Waals surface area contributed by atoms with Crippen molar-refractivity contribution in [2.75, 3.05) is 19.6 Å². The van der Waals surface area contributed by atoms with Gasteiger partial charge in [-0.25, -0.2) is 4.79 Å². The number of nitrogens with two attached hydrogens (primary N) is 1. The molecule has 0 aromatic rings. The summed E-state index contributed by atoms with van der Waals surface area (Å²) in [6, 6.07) is -0.653. The maximum atomic E-state index is 11.3. The van der Waals surface area contributed by atoms with Gasteiger partial charge in [0.15, 0.2) is 0 Å². The van der Waals surface area contributed by atoms with Gasteiger partial charge in [0.1, 0.15) is 6.54 Å². The van der Waals surface area contributed by atoms with Crippen LogP contribution in [0, 0.1) is 5.41 Å². The summed E-state index contributed by atoms with van der Waals surface area (Å²) in [4.78, 5) is 43.5. The van der Waals surface area contributed by atoms with Gasteiger partial charge in [0.25, 0.3) is 0 Å². The second-order valence-electron chi connectivity index (χ2n) is 4.45. The maximum absolute atomic E-state index is 11.3. The number of carboxylic acids is 1. The third kappa shape index (κ3) is 7.58. The van der Waals surface area contributed by atoms with Gasteiger partial charge in [-0.1, -0.05) is 0 Å². The molecule has 9 nitrogen and oxygen atoms in total. The molecule has 0 rings (SSSR count). The van der Waals surface area contributed by atoms with Crippen LogP contribution in [0.5, 0.6) is 0 Å². The molecule has 0 aliphatic carbocycles. The van der Waals surface area contributed by atoms with Gasteiger partial charge in [-0.3, -0.25) is 14.4 Å². The Balaban J connectivity index is 3.91. The summed E-state index contributed by atoms with van der Waals surface area (Å²) in [6.45, 7) is 2.27. The van der Waals surface area contributed by atoms with E-state index in [0.29, 0.717) is 0 Å². The summed E-state index contributed by atoms with van der Waals surface area (Å²) < 4.78 is 0. The molecule has 0 saturated carbocycles. The van der Waals surface area contributed by atoms with E-state index in [0.717, 1.165) is 0 Å². The Morgan fingerprint density at radius 2 is 1.63 bits per heavy atom. The van der Waals surface area contributed by atoms with Crippen LogP contribution in [0.25, 0.3) is 0 Å². The van der Waals surface area contributed by atoms with Crippen molar-refractivity contribution in [3.8, 4) is 0 Å². The van der Waals surface area contributed by atoms with E-state index in [1.807, 2.05) is 0 Å². The van der Waals surface area contributed by atoms with Crippen molar-refractivity contribution in [1.29, 1.82) is 0 Å². The van der Waals surface area contributed by atoms with Crippen LogP contribution < -0.4 is 21.7 Å². The standard InChI is InChI=1S/C10H18N4O5/c1-10(2,8(11)18)5-14-9(19)13-3-6(15)12-4-7(16)17/h3-5H2,1-2H3,(H2,11,18)(H,12,15)(H,16,17)(H2,13,14,19). The van der Waals surface area contributed by atoms with Crippen molar-refractivity contribution in [2.45, 2.75) is 13.8 Å². The van der Waals surface area contributed by atoms with Crippen LogP contribution in [0.1, 0.15) is 13.8 Å². The molecular formula is C10H18N4O5. The summed E-state index contributed by atoms with van der Waals surface area (Å²) in [6.07, 6.45) is 0. The maximum Gasteiger partial charge on any atom is 0.322 e. The molecular weight excluding hydrogens is 256 g/mol. The SMILES string of the molecule is CC(C)(CNC(=O)NCC(=O)NCC(=O)O)C(N)=O. The molecule has 0 spiro atoms. The number of urea groups is 1. The molecule has 0 aliphatic rings. The van der Waals surface area contributed by atoms with E-state index >= 15 is 0 Å². The lowest BCUT2D eigenvalue weighted by Crippen LogP contribution is -2.47. The number of primary amides is 1. The van der Waals surface area contributed by atoms with E-state index in [1.165, 1.54) is 0 Å². The van der Waals surface area contributed by atoms with Crippen molar-refractivity contribution in [3.05, 3.63) is 0 Å². The number of hydrogen-bond donors (Lipinski definition) is 5. The second-order valence-corrected chi connectivity index (χ2v) is 4.45. The molecule has 0 heterocycles. The molecule has 0 saturated heterocycles. The van der Waals surface area contributed by atoms with Crippen LogP contribution in [-0.2, 0) is 14.4 Å². The Labute approximate surface area is 109 Å². The van der Waals surface area contributed by atoms with Gasteiger partial charge in [-0.05, 0) is 13.8 Å². The molecule has 0 bridgehead atoms. The number of carbonyl (C=O) groups excluding carboxylic acids is 3. The van der Waals surface area contributed by atoms with E-state index in [-0.39, 0.29) is 13.1 Å². The minimum absolute atomic E-state index is 0.0188. The first-order chi connectivity index (χ1) is 8.65. The molecule has 0 radical (unpaired) electrons. The lowest BCUT2D eigenvalue weighted by Gasteiger charge is -2.20. The van der Waals surface area contributed by atoms with Crippen LogP contribution in [-0.4, -0.2) is 48.6 Å². The summed E-state index contributed by atoms with van der Waals surface area (Å²) in [5, 5.41) is 15.0. The molecule has 0 atom stereocenters. The number of carbonyl (C=O) groups is 4. The minimum Gasteiger partial charge on any atom is -0.480 e. The van der Waals surface area contributed by atoms with Gasteiger partial charge in [-0.2, -0.15) is 0 Å². The van der Waals surface area contributed by atoms with E-state index in [1.54, 1.807) is 13.8 Å². The number of aliphatic carboxylic acids is 1. The molecule has 0 fully saturated rings. The molecule has 0 unspecified atom stereocenters. The van der Waals surface area contributed by atoms with Crippen LogP contribution in [0.15, 0.2) is 0 Å². The van der Waals surface area contributed by atoms with E-state index in [9.17, 15) is 19.2 Å².